The average molecular weight is 212 g/mol. The van der Waals surface area contributed by atoms with Gasteiger partial charge in [0.25, 0.3) is 0 Å². The smallest absolute Gasteiger partial charge is 0.0789 e. The van der Waals surface area contributed by atoms with Crippen molar-refractivity contribution in [3.8, 4) is 0 Å². The molecule has 0 aromatic rings. The number of rotatable bonds is 9. The highest BCUT2D eigenvalue weighted by atomic mass is 15.3. The van der Waals surface area contributed by atoms with Crippen molar-refractivity contribution in [1.82, 2.24) is 0 Å². The molecule has 0 aliphatic rings. The van der Waals surface area contributed by atoms with Gasteiger partial charge in [-0.15, -0.1) is 0 Å². The third kappa shape index (κ3) is 5.99. The van der Waals surface area contributed by atoms with Crippen LogP contribution in [0.1, 0.15) is 53.4 Å². The van der Waals surface area contributed by atoms with Crippen LogP contribution >= 0.6 is 0 Å². The summed E-state index contributed by atoms with van der Waals surface area (Å²) in [5.74, 6) is 0. The van der Waals surface area contributed by atoms with Crippen LogP contribution in [0.25, 0.3) is 0 Å². The maximum Gasteiger partial charge on any atom is 0.0789 e. The van der Waals surface area contributed by atoms with Gasteiger partial charge in [-0.1, -0.05) is 25.5 Å². The molecule has 1 nitrogen and oxygen atoms in total. The van der Waals surface area contributed by atoms with Gasteiger partial charge >= 0.3 is 0 Å². The summed E-state index contributed by atoms with van der Waals surface area (Å²) in [5.41, 5.74) is 0. The van der Waals surface area contributed by atoms with Crippen molar-refractivity contribution in [2.45, 2.75) is 53.4 Å². The molecule has 0 aromatic heterocycles. The number of hydrogen-bond acceptors (Lipinski definition) is 0. The standard InChI is InChI=1S/C14H30N/c1-5-9-10-11-12-13-14-15(6-2,7-3)8-4/h10-11H,5-9,12-14H2,1-4H3/q+1/b11-10+. The lowest BCUT2D eigenvalue weighted by Crippen LogP contribution is -2.48. The van der Waals surface area contributed by atoms with Gasteiger partial charge in [0.1, 0.15) is 0 Å². The largest absolute Gasteiger partial charge is 0.324 e. The summed E-state index contributed by atoms with van der Waals surface area (Å²) in [6, 6.07) is 0. The molecule has 0 unspecified atom stereocenters. The van der Waals surface area contributed by atoms with Crippen LogP contribution in [-0.2, 0) is 0 Å². The Morgan fingerprint density at radius 2 is 1.33 bits per heavy atom. The predicted molar refractivity (Wildman–Crippen MR) is 70.0 cm³/mol. The van der Waals surface area contributed by atoms with Crippen molar-refractivity contribution in [1.29, 1.82) is 0 Å². The molecule has 0 N–H and O–H groups in total. The Morgan fingerprint density at radius 3 is 1.80 bits per heavy atom. The molecule has 0 fully saturated rings. The molecular formula is C14H30N+. The Morgan fingerprint density at radius 1 is 0.800 bits per heavy atom. The molecule has 15 heavy (non-hydrogen) atoms. The second-order valence-electron chi connectivity index (χ2n) is 4.42. The SMILES string of the molecule is CCC/C=C/CCC[N+](CC)(CC)CC. The van der Waals surface area contributed by atoms with E-state index in [9.17, 15) is 0 Å². The van der Waals surface area contributed by atoms with Gasteiger partial charge in [0, 0.05) is 6.42 Å². The summed E-state index contributed by atoms with van der Waals surface area (Å²) in [4.78, 5) is 0. The van der Waals surface area contributed by atoms with Gasteiger partial charge in [0.05, 0.1) is 26.2 Å². The fourth-order valence-corrected chi connectivity index (χ4v) is 2.09. The van der Waals surface area contributed by atoms with Crippen molar-refractivity contribution in [3.05, 3.63) is 12.2 Å². The van der Waals surface area contributed by atoms with E-state index in [1.165, 1.54) is 56.3 Å². The molecule has 0 amide bonds. The summed E-state index contributed by atoms with van der Waals surface area (Å²) in [6.07, 6.45) is 9.82. The van der Waals surface area contributed by atoms with Crippen LogP contribution in [0.3, 0.4) is 0 Å². The molecule has 0 saturated heterocycles. The maximum absolute atomic E-state index is 2.36. The van der Waals surface area contributed by atoms with Crippen LogP contribution in [0.5, 0.6) is 0 Å². The van der Waals surface area contributed by atoms with Crippen LogP contribution in [-0.4, -0.2) is 30.7 Å². The first kappa shape index (κ1) is 14.7. The second kappa shape index (κ2) is 8.96. The molecule has 0 aliphatic carbocycles. The number of allylic oxidation sites excluding steroid dienone is 2. The molecule has 0 radical (unpaired) electrons. The topological polar surface area (TPSA) is 0 Å². The van der Waals surface area contributed by atoms with Crippen molar-refractivity contribution >= 4 is 0 Å². The first-order chi connectivity index (χ1) is 7.24. The molecule has 1 heteroatoms. The van der Waals surface area contributed by atoms with Crippen LogP contribution in [0.4, 0.5) is 0 Å². The zero-order valence-corrected chi connectivity index (χ0v) is 11.3. The van der Waals surface area contributed by atoms with E-state index in [0.717, 1.165) is 0 Å². The van der Waals surface area contributed by atoms with Crippen LogP contribution < -0.4 is 0 Å². The number of quaternary nitrogens is 1. The van der Waals surface area contributed by atoms with Gasteiger partial charge in [0.2, 0.25) is 0 Å². The van der Waals surface area contributed by atoms with E-state index in [-0.39, 0.29) is 0 Å². The average Bonchev–Trinajstić information content (AvgIpc) is 2.29. The van der Waals surface area contributed by atoms with E-state index in [1.54, 1.807) is 0 Å². The first-order valence-corrected chi connectivity index (χ1v) is 6.74. The van der Waals surface area contributed by atoms with Gasteiger partial charge in [-0.3, -0.25) is 0 Å². The zero-order chi connectivity index (χ0) is 11.6. The van der Waals surface area contributed by atoms with Crippen molar-refractivity contribution in [2.24, 2.45) is 0 Å². The van der Waals surface area contributed by atoms with E-state index in [1.807, 2.05) is 0 Å². The van der Waals surface area contributed by atoms with Gasteiger partial charge < -0.3 is 4.48 Å². The minimum absolute atomic E-state index is 1.25. The molecule has 90 valence electrons. The Balaban J connectivity index is 3.71. The summed E-state index contributed by atoms with van der Waals surface area (Å²) in [7, 11) is 0. The second-order valence-corrected chi connectivity index (χ2v) is 4.42. The molecule has 0 heterocycles. The number of nitrogens with zero attached hydrogens (tertiary/aromatic N) is 1. The Kier molecular flexibility index (Phi) is 8.79. The van der Waals surface area contributed by atoms with Gasteiger partial charge in [-0.25, -0.2) is 0 Å². The fourth-order valence-electron chi connectivity index (χ4n) is 2.09. The molecule has 0 aromatic carbocycles. The van der Waals surface area contributed by atoms with Gasteiger partial charge in [0.15, 0.2) is 0 Å². The number of hydrogen-bond donors (Lipinski definition) is 0. The van der Waals surface area contributed by atoms with Crippen molar-refractivity contribution in [3.63, 3.8) is 0 Å². The highest BCUT2D eigenvalue weighted by Crippen LogP contribution is 2.09. The van der Waals surface area contributed by atoms with Gasteiger partial charge in [-0.05, 0) is 33.6 Å². The molecule has 0 atom stereocenters. The summed E-state index contributed by atoms with van der Waals surface area (Å²) in [5, 5.41) is 0. The molecule has 0 aliphatic heterocycles. The van der Waals surface area contributed by atoms with Crippen molar-refractivity contribution < 1.29 is 4.48 Å². The van der Waals surface area contributed by atoms with E-state index in [4.69, 9.17) is 0 Å². The highest BCUT2D eigenvalue weighted by molar-refractivity contribution is 4.80. The minimum Gasteiger partial charge on any atom is -0.324 e. The molecule has 0 bridgehead atoms. The molecule has 0 spiro atoms. The highest BCUT2D eigenvalue weighted by Gasteiger charge is 2.18. The molecule has 0 rings (SSSR count). The quantitative estimate of drug-likeness (QED) is 0.308. The monoisotopic (exact) mass is 212 g/mol. The fraction of sp³-hybridized carbons (Fsp3) is 0.857. The minimum atomic E-state index is 1.25. The number of unbranched alkanes of at least 4 members (excludes halogenated alkanes) is 2. The lowest BCUT2D eigenvalue weighted by molar-refractivity contribution is -0.923. The maximum atomic E-state index is 2.36. The van der Waals surface area contributed by atoms with Crippen molar-refractivity contribution in [2.75, 3.05) is 26.2 Å². The van der Waals surface area contributed by atoms with Crippen LogP contribution in [0.2, 0.25) is 0 Å². The summed E-state index contributed by atoms with van der Waals surface area (Å²) < 4.78 is 1.29. The lowest BCUT2D eigenvalue weighted by Gasteiger charge is -2.35. The molecular weight excluding hydrogens is 182 g/mol. The van der Waals surface area contributed by atoms with Gasteiger partial charge in [-0.2, -0.15) is 0 Å². The molecule has 0 saturated carbocycles. The Labute approximate surface area is 96.8 Å². The van der Waals surface area contributed by atoms with E-state index >= 15 is 0 Å². The van der Waals surface area contributed by atoms with E-state index in [2.05, 4.69) is 39.8 Å². The zero-order valence-electron chi connectivity index (χ0n) is 11.3. The van der Waals surface area contributed by atoms with E-state index < -0.39 is 0 Å². The summed E-state index contributed by atoms with van der Waals surface area (Å²) in [6.45, 7) is 14.4. The normalized spacial score (nSPS) is 12.5. The lowest BCUT2D eigenvalue weighted by atomic mass is 10.2. The Bertz CT molecular complexity index is 148. The van der Waals surface area contributed by atoms with E-state index in [0.29, 0.717) is 0 Å². The Hall–Kier alpha value is -0.300. The third-order valence-electron chi connectivity index (χ3n) is 3.64. The van der Waals surface area contributed by atoms with Crippen LogP contribution in [0, 0.1) is 0 Å². The third-order valence-corrected chi connectivity index (χ3v) is 3.64. The predicted octanol–water partition coefficient (Wildman–Crippen LogP) is 4.00. The summed E-state index contributed by atoms with van der Waals surface area (Å²) >= 11 is 0. The van der Waals surface area contributed by atoms with Crippen LogP contribution in [0.15, 0.2) is 12.2 Å². The first-order valence-electron chi connectivity index (χ1n) is 6.74.